The van der Waals surface area contributed by atoms with Crippen LogP contribution in [-0.2, 0) is 9.53 Å². The Morgan fingerprint density at radius 2 is 2.08 bits per heavy atom. The van der Waals surface area contributed by atoms with Crippen molar-refractivity contribution in [1.82, 2.24) is 10.3 Å². The maximum Gasteiger partial charge on any atom is 0.311 e. The fourth-order valence-electron chi connectivity index (χ4n) is 2.95. The van der Waals surface area contributed by atoms with Gasteiger partial charge in [-0.15, -0.1) is 0 Å². The summed E-state index contributed by atoms with van der Waals surface area (Å²) in [6.45, 7) is 2.68. The van der Waals surface area contributed by atoms with Crippen molar-refractivity contribution in [3.63, 3.8) is 0 Å². The molecule has 2 aromatic rings. The Kier molecular flexibility index (Phi) is 5.15. The lowest BCUT2D eigenvalue weighted by molar-refractivity contribution is -0.154. The maximum absolute atomic E-state index is 12.5. The third kappa shape index (κ3) is 3.72. The van der Waals surface area contributed by atoms with E-state index >= 15 is 0 Å². The Bertz CT molecular complexity index is 767. The van der Waals surface area contributed by atoms with E-state index in [1.54, 1.807) is 24.3 Å². The summed E-state index contributed by atoms with van der Waals surface area (Å²) in [4.78, 5) is 28.6. The van der Waals surface area contributed by atoms with E-state index in [1.807, 2.05) is 22.9 Å². The predicted molar refractivity (Wildman–Crippen MR) is 94.7 cm³/mol. The van der Waals surface area contributed by atoms with E-state index in [0.29, 0.717) is 37.3 Å². The average molecular weight is 360 g/mol. The molecule has 1 fully saturated rings. The van der Waals surface area contributed by atoms with Gasteiger partial charge in [0, 0.05) is 30.7 Å². The van der Waals surface area contributed by atoms with E-state index < -0.39 is 11.4 Å². The highest BCUT2D eigenvalue weighted by atomic mass is 32.1. The fourth-order valence-corrected chi connectivity index (χ4v) is 3.59. The molecular weight excluding hydrogens is 340 g/mol. The monoisotopic (exact) mass is 360 g/mol. The number of thiophene rings is 1. The second-order valence-electron chi connectivity index (χ2n) is 6.22. The van der Waals surface area contributed by atoms with E-state index in [-0.39, 0.29) is 12.5 Å². The number of nitrogens with zero attached hydrogens (tertiary/aromatic N) is 1. The van der Waals surface area contributed by atoms with Gasteiger partial charge in [-0.3, -0.25) is 14.6 Å². The number of hydrogen-bond acceptors (Lipinski definition) is 5. The van der Waals surface area contributed by atoms with E-state index in [9.17, 15) is 14.7 Å². The molecule has 1 aliphatic heterocycles. The lowest BCUT2D eigenvalue weighted by atomic mass is 9.80. The highest BCUT2D eigenvalue weighted by Gasteiger charge is 2.40. The van der Waals surface area contributed by atoms with Crippen molar-refractivity contribution < 1.29 is 19.4 Å². The summed E-state index contributed by atoms with van der Waals surface area (Å²) >= 11 is 1.59. The fraction of sp³-hybridized carbons (Fsp3) is 0.389. The second kappa shape index (κ2) is 7.33. The number of ether oxygens (including phenoxy) is 1. The Morgan fingerprint density at radius 1 is 1.32 bits per heavy atom. The molecule has 3 rings (SSSR count). The number of pyridine rings is 1. The predicted octanol–water partition coefficient (Wildman–Crippen LogP) is 2.73. The van der Waals surface area contributed by atoms with Gasteiger partial charge in [-0.2, -0.15) is 11.3 Å². The number of carbonyl (C=O) groups is 2. The smallest absolute Gasteiger partial charge is 0.311 e. The van der Waals surface area contributed by atoms with Crippen LogP contribution in [-0.4, -0.2) is 41.7 Å². The SMILES string of the molecule is Cc1nc(-c2ccsc2)ccc1C(=O)NCC1(C(=O)O)CCOCC1. The molecule has 0 spiro atoms. The first kappa shape index (κ1) is 17.6. The molecule has 132 valence electrons. The van der Waals surface area contributed by atoms with Crippen molar-refractivity contribution in [3.8, 4) is 11.3 Å². The van der Waals surface area contributed by atoms with Crippen LogP contribution >= 0.6 is 11.3 Å². The number of aliphatic carboxylic acids is 1. The molecule has 0 aromatic carbocycles. The molecule has 0 atom stereocenters. The van der Waals surface area contributed by atoms with Crippen LogP contribution in [0.1, 0.15) is 28.9 Å². The van der Waals surface area contributed by atoms with E-state index in [2.05, 4.69) is 10.3 Å². The zero-order chi connectivity index (χ0) is 17.9. The molecular formula is C18H20N2O4S. The molecule has 0 bridgehead atoms. The molecule has 3 heterocycles. The normalized spacial score (nSPS) is 16.4. The van der Waals surface area contributed by atoms with Gasteiger partial charge in [0.1, 0.15) is 0 Å². The van der Waals surface area contributed by atoms with Crippen LogP contribution in [0.2, 0.25) is 0 Å². The van der Waals surface area contributed by atoms with Gasteiger partial charge in [-0.25, -0.2) is 0 Å². The number of rotatable bonds is 5. The Balaban J connectivity index is 1.72. The van der Waals surface area contributed by atoms with Crippen LogP contribution in [0.3, 0.4) is 0 Å². The molecule has 0 aliphatic carbocycles. The summed E-state index contributed by atoms with van der Waals surface area (Å²) in [6, 6.07) is 5.53. The maximum atomic E-state index is 12.5. The van der Waals surface area contributed by atoms with E-state index in [1.165, 1.54) is 0 Å². The van der Waals surface area contributed by atoms with Crippen LogP contribution in [0.25, 0.3) is 11.3 Å². The van der Waals surface area contributed by atoms with E-state index in [4.69, 9.17) is 4.74 Å². The summed E-state index contributed by atoms with van der Waals surface area (Å²) < 4.78 is 5.25. The van der Waals surface area contributed by atoms with E-state index in [0.717, 1.165) is 11.3 Å². The third-order valence-corrected chi connectivity index (χ3v) is 5.32. The van der Waals surface area contributed by atoms with Crippen LogP contribution in [0.5, 0.6) is 0 Å². The first-order valence-corrected chi connectivity index (χ1v) is 9.06. The number of aromatic nitrogens is 1. The van der Waals surface area contributed by atoms with Crippen molar-refractivity contribution >= 4 is 23.2 Å². The zero-order valence-corrected chi connectivity index (χ0v) is 14.8. The zero-order valence-electron chi connectivity index (χ0n) is 13.9. The minimum absolute atomic E-state index is 0.0935. The van der Waals surface area contributed by atoms with Gasteiger partial charge in [0.25, 0.3) is 5.91 Å². The second-order valence-corrected chi connectivity index (χ2v) is 7.00. The first-order chi connectivity index (χ1) is 12.0. The summed E-state index contributed by atoms with van der Waals surface area (Å²) in [5.74, 6) is -1.19. The number of carbonyl (C=O) groups excluding carboxylic acids is 1. The van der Waals surface area contributed by atoms with Gasteiger partial charge in [-0.1, -0.05) is 0 Å². The molecule has 0 radical (unpaired) electrons. The quantitative estimate of drug-likeness (QED) is 0.856. The van der Waals surface area contributed by atoms with Crippen molar-refractivity contribution in [2.45, 2.75) is 19.8 Å². The van der Waals surface area contributed by atoms with Gasteiger partial charge < -0.3 is 15.2 Å². The Labute approximate surface area is 149 Å². The molecule has 6 nitrogen and oxygen atoms in total. The molecule has 1 amide bonds. The largest absolute Gasteiger partial charge is 0.481 e. The van der Waals surface area contributed by atoms with Crippen molar-refractivity contribution in [3.05, 3.63) is 40.2 Å². The van der Waals surface area contributed by atoms with Gasteiger partial charge in [-0.05, 0) is 43.3 Å². The summed E-state index contributed by atoms with van der Waals surface area (Å²) in [5, 5.41) is 16.3. The molecule has 0 saturated carbocycles. The first-order valence-electron chi connectivity index (χ1n) is 8.11. The number of hydrogen-bond donors (Lipinski definition) is 2. The molecule has 1 aliphatic rings. The topological polar surface area (TPSA) is 88.5 Å². The highest BCUT2D eigenvalue weighted by Crippen LogP contribution is 2.30. The van der Waals surface area contributed by atoms with Gasteiger partial charge in [0.15, 0.2) is 0 Å². The van der Waals surface area contributed by atoms with Crippen LogP contribution in [0, 0.1) is 12.3 Å². The highest BCUT2D eigenvalue weighted by molar-refractivity contribution is 7.08. The Hall–Kier alpha value is -2.25. The standard InChI is InChI=1S/C18H20N2O4S/c1-12-14(2-3-15(20-12)13-4-9-25-10-13)16(21)19-11-18(17(22)23)5-7-24-8-6-18/h2-4,9-10H,5-8,11H2,1H3,(H,19,21)(H,22,23). The van der Waals surface area contributed by atoms with Crippen LogP contribution in [0.4, 0.5) is 0 Å². The lowest BCUT2D eigenvalue weighted by Gasteiger charge is -2.33. The number of nitrogens with one attached hydrogen (secondary N) is 1. The van der Waals surface area contributed by atoms with Gasteiger partial charge in [0.05, 0.1) is 22.4 Å². The minimum atomic E-state index is -0.953. The minimum Gasteiger partial charge on any atom is -0.481 e. The molecule has 2 aromatic heterocycles. The summed E-state index contributed by atoms with van der Waals surface area (Å²) in [5.41, 5.74) is 1.98. The van der Waals surface area contributed by atoms with Gasteiger partial charge in [0.2, 0.25) is 0 Å². The molecule has 1 saturated heterocycles. The lowest BCUT2D eigenvalue weighted by Crippen LogP contribution is -2.46. The molecule has 0 unspecified atom stereocenters. The summed E-state index contributed by atoms with van der Waals surface area (Å²) in [6.07, 6.45) is 0.799. The van der Waals surface area contributed by atoms with Crippen molar-refractivity contribution in [2.75, 3.05) is 19.8 Å². The average Bonchev–Trinajstić information content (AvgIpc) is 3.15. The number of carboxylic acids is 1. The number of carboxylic acid groups (broad SMARTS) is 1. The number of aryl methyl sites for hydroxylation is 1. The molecule has 2 N–H and O–H groups in total. The summed E-state index contributed by atoms with van der Waals surface area (Å²) in [7, 11) is 0. The molecule has 25 heavy (non-hydrogen) atoms. The van der Waals surface area contributed by atoms with Crippen molar-refractivity contribution in [2.24, 2.45) is 5.41 Å². The Morgan fingerprint density at radius 3 is 2.68 bits per heavy atom. The third-order valence-electron chi connectivity index (χ3n) is 4.64. The van der Waals surface area contributed by atoms with Crippen molar-refractivity contribution in [1.29, 1.82) is 0 Å². The van der Waals surface area contributed by atoms with Gasteiger partial charge >= 0.3 is 5.97 Å². The van der Waals surface area contributed by atoms with Crippen LogP contribution < -0.4 is 5.32 Å². The molecule has 7 heteroatoms. The number of amides is 1. The van der Waals surface area contributed by atoms with Crippen LogP contribution in [0.15, 0.2) is 29.0 Å².